The molecule has 33 heteroatoms. The molecule has 4 atom stereocenters. The van der Waals surface area contributed by atoms with Crippen LogP contribution in [0, 0.1) is 35.5 Å². The normalized spacial score (nSPS) is 20.7. The number of thioether (sulfide) groups is 1. The summed E-state index contributed by atoms with van der Waals surface area (Å²) in [6.45, 7) is 1.94. The number of ether oxygens (including phenoxy) is 4. The van der Waals surface area contributed by atoms with Gasteiger partial charge in [-0.2, -0.15) is 4.98 Å². The van der Waals surface area contributed by atoms with Crippen LogP contribution in [0.15, 0.2) is 109 Å². The van der Waals surface area contributed by atoms with Crippen molar-refractivity contribution in [2.24, 2.45) is 5.16 Å². The van der Waals surface area contributed by atoms with Crippen LogP contribution in [0.2, 0.25) is 5.28 Å². The lowest BCUT2D eigenvalue weighted by molar-refractivity contribution is -0.123. The lowest BCUT2D eigenvalue weighted by Gasteiger charge is -2.26. The average molecular weight is 1370 g/mol. The molecule has 7 aliphatic rings. The summed E-state index contributed by atoms with van der Waals surface area (Å²) in [7, 11) is 4.53. The van der Waals surface area contributed by atoms with Crippen molar-refractivity contribution in [3.8, 4) is 58.5 Å². The molecule has 6 aromatic rings. The highest BCUT2D eigenvalue weighted by Gasteiger charge is 2.51. The Labute approximate surface area is 564 Å². The number of imide groups is 4. The molecule has 98 heavy (non-hydrogen) atoms. The van der Waals surface area contributed by atoms with Crippen LogP contribution in [0.3, 0.4) is 0 Å². The Bertz CT molecular complexity index is 4680. The molecule has 1 unspecified atom stereocenters. The SMILES string of the molecule is COc1ccc2c(c1)C(=O)N(C[C@@]1(C#Cc3ccc(C(C)=NO)nc3)NC(=O)NC1=O)C2.COc1ccc2c(c1)C(=O)N(C[C@@]1(C#Cc3ccc(OC4SC(=O)NC4=O)cc3)NC(=O)NC1=O)C2.COc1ccc2c(c1)C(=O)N(C[C@@]1(C#Cc3cnc(Cl)nc3N)NC(=O)NC1=O)C2. The number of nitrogens with zero attached hydrogens (tertiary/aromatic N) is 7. The van der Waals surface area contributed by atoms with Gasteiger partial charge in [-0.25, -0.2) is 19.4 Å². The van der Waals surface area contributed by atoms with Crippen LogP contribution in [-0.4, -0.2) is 168 Å². The summed E-state index contributed by atoms with van der Waals surface area (Å²) in [6, 6.07) is 23.0. The van der Waals surface area contributed by atoms with Gasteiger partial charge in [0.15, 0.2) is 0 Å². The molecule has 2 aromatic heterocycles. The number of halogens is 1. The molecule has 4 aromatic carbocycles. The van der Waals surface area contributed by atoms with Crippen molar-refractivity contribution < 1.29 is 76.9 Å². The second-order valence-electron chi connectivity index (χ2n) is 22.2. The third-order valence-corrected chi connectivity index (χ3v) is 16.8. The first kappa shape index (κ1) is 66.7. The van der Waals surface area contributed by atoms with Gasteiger partial charge in [0.1, 0.15) is 34.5 Å². The molecule has 31 nitrogen and oxygen atoms in total. The number of benzene rings is 4. The molecule has 4 fully saturated rings. The quantitative estimate of drug-likeness (QED) is 0.0212. The number of amides is 14. The number of nitrogens with one attached hydrogen (secondary N) is 7. The smallest absolute Gasteiger partial charge is 0.323 e. The first-order valence-electron chi connectivity index (χ1n) is 29.0. The Hall–Kier alpha value is -12.7. The maximum Gasteiger partial charge on any atom is 0.323 e. The molecule has 14 amide bonds. The number of hydrogen-bond donors (Lipinski definition) is 9. The van der Waals surface area contributed by atoms with E-state index in [-0.39, 0.29) is 73.7 Å². The number of nitrogen functional groups attached to an aromatic ring is 1. The number of oxime groups is 1. The van der Waals surface area contributed by atoms with E-state index in [9.17, 15) is 52.7 Å². The summed E-state index contributed by atoms with van der Waals surface area (Å²) in [5.74, 6) is 15.4. The van der Waals surface area contributed by atoms with Gasteiger partial charge in [-0.15, -0.1) is 0 Å². The summed E-state index contributed by atoms with van der Waals surface area (Å²) in [5, 5.41) is 27.7. The third kappa shape index (κ3) is 13.9. The molecule has 10 N–H and O–H groups in total. The predicted octanol–water partition coefficient (Wildman–Crippen LogP) is 2.15. The first-order chi connectivity index (χ1) is 46.9. The van der Waals surface area contributed by atoms with Crippen molar-refractivity contribution in [2.75, 3.05) is 46.7 Å². The van der Waals surface area contributed by atoms with E-state index < -0.39 is 69.0 Å². The number of rotatable bonds is 12. The fourth-order valence-electron chi connectivity index (χ4n) is 10.7. The van der Waals surface area contributed by atoms with Crippen LogP contribution in [0.4, 0.5) is 25.0 Å². The van der Waals surface area contributed by atoms with Crippen molar-refractivity contribution in [2.45, 2.75) is 48.6 Å². The average Bonchev–Trinajstić information content (AvgIpc) is 1.63. The summed E-state index contributed by atoms with van der Waals surface area (Å²) >= 11 is 6.42. The van der Waals surface area contributed by atoms with E-state index in [1.807, 2.05) is 0 Å². The first-order valence-corrected chi connectivity index (χ1v) is 30.3. The molecule has 0 radical (unpaired) electrons. The van der Waals surface area contributed by atoms with E-state index in [1.54, 1.807) is 97.9 Å². The Morgan fingerprint density at radius 3 is 1.37 bits per heavy atom. The van der Waals surface area contributed by atoms with Crippen molar-refractivity contribution in [3.05, 3.63) is 164 Å². The van der Waals surface area contributed by atoms with Crippen molar-refractivity contribution in [3.63, 3.8) is 0 Å². The Morgan fingerprint density at radius 2 is 1.00 bits per heavy atom. The maximum absolute atomic E-state index is 13.0. The Balaban J connectivity index is 0.000000149. The molecule has 0 bridgehead atoms. The van der Waals surface area contributed by atoms with Crippen LogP contribution in [0.5, 0.6) is 23.0 Å². The summed E-state index contributed by atoms with van der Waals surface area (Å²) in [4.78, 5) is 152. The van der Waals surface area contributed by atoms with E-state index in [4.69, 9.17) is 41.5 Å². The molecule has 7 aliphatic heterocycles. The van der Waals surface area contributed by atoms with Crippen LogP contribution < -0.4 is 61.9 Å². The summed E-state index contributed by atoms with van der Waals surface area (Å²) in [5.41, 5.74) is 5.68. The zero-order valence-corrected chi connectivity index (χ0v) is 53.3. The number of carbonyl (C=O) groups is 11. The standard InChI is InChI=1S/C24H18N4O7S.C22H19N5O5.C19H15ClN6O4/c1-34-16-7-4-14-11-28(19(30)17(14)10-16)12-24(21(31)26-22(32)27-24)9-8-13-2-5-15(6-3-13)35-20-18(29)25-23(33)36-20;1-13(26-31)18-6-3-14(10-23-18)7-8-22(20(29)24-21(30)25-22)12-27-11-15-4-5-16(32-2)9-17(15)19(27)28;1-30-12-3-2-11-8-26(15(27)13(11)6-12)9-19(16(28)24-18(29)25-19)5-4-10-7-22-17(20)23-14(10)21/h2-7,10,20H,11-12H2,1H3,(H,25,29,33)(H2,26,27,31,32);3-6,9-10,31H,11-12H2,1-2H3,(H2,24,25,29,30);2-3,6-7H,8-9H2,1H3,(H2,21,22,23)(H2,24,25,28,29)/t20?,24-;22-;19-/m111/s1. The minimum absolute atomic E-state index is 0.0270. The lowest BCUT2D eigenvalue weighted by Crippen LogP contribution is -2.54. The number of fused-ring (bicyclic) bond motifs is 3. The second-order valence-corrected chi connectivity index (χ2v) is 23.5. The minimum Gasteiger partial charge on any atom is -0.497 e. The molecule has 9 heterocycles. The highest BCUT2D eigenvalue weighted by molar-refractivity contribution is 8.15. The van der Waals surface area contributed by atoms with Crippen LogP contribution in [0.1, 0.15) is 77.1 Å². The van der Waals surface area contributed by atoms with E-state index >= 15 is 0 Å². The number of urea groups is 3. The van der Waals surface area contributed by atoms with Gasteiger partial charge in [-0.3, -0.25) is 64.6 Å². The molecule has 0 saturated carbocycles. The Kier molecular flexibility index (Phi) is 18.6. The van der Waals surface area contributed by atoms with Gasteiger partial charge >= 0.3 is 18.1 Å². The van der Waals surface area contributed by atoms with Gasteiger partial charge in [0, 0.05) is 59.8 Å². The molecule has 13 rings (SSSR count). The van der Waals surface area contributed by atoms with Crippen molar-refractivity contribution >= 4 is 99.6 Å². The van der Waals surface area contributed by atoms with Crippen LogP contribution in [0.25, 0.3) is 0 Å². The molecule has 496 valence electrons. The van der Waals surface area contributed by atoms with Crippen LogP contribution in [-0.2, 0) is 38.8 Å². The van der Waals surface area contributed by atoms with E-state index in [0.717, 1.165) is 28.5 Å². The highest BCUT2D eigenvalue weighted by Crippen LogP contribution is 2.33. The number of methoxy groups -OCH3 is 3. The predicted molar refractivity (Wildman–Crippen MR) is 344 cm³/mol. The third-order valence-electron chi connectivity index (χ3n) is 15.8. The number of hydrogen-bond acceptors (Lipinski definition) is 22. The number of anilines is 1. The minimum atomic E-state index is -1.66. The fraction of sp³-hybridized carbons (Fsp3) is 0.215. The van der Waals surface area contributed by atoms with Gasteiger partial charge in [-0.05, 0) is 120 Å². The van der Waals surface area contributed by atoms with Crippen LogP contribution >= 0.6 is 23.4 Å². The molecule has 0 aliphatic carbocycles. The number of carbonyl (C=O) groups excluding carboxylic acids is 11. The molecule has 4 saturated heterocycles. The monoisotopic (exact) mass is 1370 g/mol. The lowest BCUT2D eigenvalue weighted by atomic mass is 9.99. The fourth-order valence-corrected chi connectivity index (χ4v) is 11.5. The molecular formula is C65H52ClN15O16S. The van der Waals surface area contributed by atoms with E-state index in [0.29, 0.717) is 62.2 Å². The number of aromatic nitrogens is 3. The van der Waals surface area contributed by atoms with Crippen molar-refractivity contribution in [1.82, 2.24) is 66.9 Å². The topological polar surface area (TPSA) is 416 Å². The second kappa shape index (κ2) is 27.3. The van der Waals surface area contributed by atoms with Gasteiger partial charge in [0.2, 0.25) is 27.3 Å². The highest BCUT2D eigenvalue weighted by atomic mass is 35.5. The number of pyridine rings is 1. The van der Waals surface area contributed by atoms with Gasteiger partial charge in [0.05, 0.1) is 52.2 Å². The van der Waals surface area contributed by atoms with Gasteiger partial charge in [0.25, 0.3) is 46.6 Å². The van der Waals surface area contributed by atoms with E-state index in [1.165, 1.54) is 48.4 Å². The van der Waals surface area contributed by atoms with Gasteiger partial charge in [-0.1, -0.05) is 58.9 Å². The van der Waals surface area contributed by atoms with Gasteiger partial charge < -0.3 is 60.5 Å². The van der Waals surface area contributed by atoms with E-state index in [2.05, 4.69) is 92.8 Å². The zero-order valence-electron chi connectivity index (χ0n) is 51.7. The largest absolute Gasteiger partial charge is 0.497 e. The molecular weight excluding hydrogens is 1310 g/mol. The molecule has 0 spiro atoms. The van der Waals surface area contributed by atoms with Crippen molar-refractivity contribution in [1.29, 1.82) is 0 Å². The summed E-state index contributed by atoms with van der Waals surface area (Å²) in [6.07, 6.45) is 2.77. The maximum atomic E-state index is 13.0. The number of nitrogens with two attached hydrogens (primary N) is 1. The zero-order chi connectivity index (χ0) is 69.8. The Morgan fingerprint density at radius 1 is 0.582 bits per heavy atom. The summed E-state index contributed by atoms with van der Waals surface area (Å²) < 4.78 is 21.0.